The molecular weight excluding hydrogens is 442 g/mol. The van der Waals surface area contributed by atoms with E-state index >= 15 is 0 Å². The van der Waals surface area contributed by atoms with Crippen LogP contribution < -0.4 is 0 Å². The Morgan fingerprint density at radius 2 is 1.86 bits per heavy atom. The first kappa shape index (κ1) is 24.9. The lowest BCUT2D eigenvalue weighted by atomic mass is 9.67. The highest BCUT2D eigenvalue weighted by molar-refractivity contribution is 6.05. The summed E-state index contributed by atoms with van der Waals surface area (Å²) in [5.74, 6) is -1.91. The number of phenolic OH excluding ortho intramolecular Hbond substituents is 1. The summed E-state index contributed by atoms with van der Waals surface area (Å²) in [5.41, 5.74) is 4.58. The molecule has 35 heavy (non-hydrogen) atoms. The van der Waals surface area contributed by atoms with Gasteiger partial charge in [-0.15, -0.1) is 0 Å². The summed E-state index contributed by atoms with van der Waals surface area (Å²) in [6, 6.07) is 16.9. The lowest BCUT2D eigenvalue weighted by molar-refractivity contribution is -0.138. The van der Waals surface area contributed by atoms with Crippen LogP contribution in [0.25, 0.3) is 11.6 Å². The Morgan fingerprint density at radius 1 is 1.11 bits per heavy atom. The number of benzene rings is 2. The minimum absolute atomic E-state index is 0.187. The molecule has 184 valence electrons. The average Bonchev–Trinajstić information content (AvgIpc) is 3.09. The van der Waals surface area contributed by atoms with Crippen LogP contribution >= 0.6 is 0 Å². The molecular formula is C29H33NO5. The SMILES string of the molecule is CCC1=C([C@H](O)CC/C(=C/c2cccc(O)c2)c2ccccc2)[C@H](CO)[C@@H]2C(=O)N(C)C(=O)[C@@H]2C1. The van der Waals surface area contributed by atoms with Gasteiger partial charge in [0.05, 0.1) is 24.5 Å². The van der Waals surface area contributed by atoms with Crippen molar-refractivity contribution in [2.45, 2.75) is 38.7 Å². The lowest BCUT2D eigenvalue weighted by Gasteiger charge is -2.36. The number of hydrogen-bond donors (Lipinski definition) is 3. The first-order valence-corrected chi connectivity index (χ1v) is 12.2. The highest BCUT2D eigenvalue weighted by Gasteiger charge is 2.53. The molecule has 2 aliphatic rings. The molecule has 6 heteroatoms. The van der Waals surface area contributed by atoms with Crippen molar-refractivity contribution in [3.63, 3.8) is 0 Å². The van der Waals surface area contributed by atoms with Crippen LogP contribution in [-0.4, -0.2) is 51.8 Å². The number of nitrogens with zero attached hydrogens (tertiary/aromatic N) is 1. The second kappa shape index (κ2) is 10.6. The summed E-state index contributed by atoms with van der Waals surface area (Å²) in [5, 5.41) is 31.5. The fraction of sp³-hybridized carbons (Fsp3) is 0.379. The lowest BCUT2D eigenvalue weighted by Crippen LogP contribution is -2.38. The Morgan fingerprint density at radius 3 is 2.51 bits per heavy atom. The average molecular weight is 476 g/mol. The fourth-order valence-corrected chi connectivity index (χ4v) is 5.67. The maximum atomic E-state index is 12.8. The molecule has 2 amide bonds. The van der Waals surface area contributed by atoms with Gasteiger partial charge in [0.2, 0.25) is 11.8 Å². The second-order valence-corrected chi connectivity index (χ2v) is 9.46. The number of amides is 2. The third-order valence-electron chi connectivity index (χ3n) is 7.43. The minimum Gasteiger partial charge on any atom is -0.508 e. The molecule has 0 aromatic heterocycles. The van der Waals surface area contributed by atoms with Gasteiger partial charge >= 0.3 is 0 Å². The van der Waals surface area contributed by atoms with Crippen molar-refractivity contribution < 1.29 is 24.9 Å². The number of carbonyl (C=O) groups is 2. The first-order valence-electron chi connectivity index (χ1n) is 12.2. The van der Waals surface area contributed by atoms with E-state index in [0.29, 0.717) is 25.7 Å². The molecule has 0 radical (unpaired) electrons. The van der Waals surface area contributed by atoms with E-state index in [4.69, 9.17) is 0 Å². The highest BCUT2D eigenvalue weighted by Crippen LogP contribution is 2.46. The normalized spacial score (nSPS) is 23.6. The molecule has 0 bridgehead atoms. The Kier molecular flexibility index (Phi) is 7.53. The van der Waals surface area contributed by atoms with E-state index in [9.17, 15) is 24.9 Å². The largest absolute Gasteiger partial charge is 0.508 e. The molecule has 3 N–H and O–H groups in total. The van der Waals surface area contributed by atoms with E-state index in [0.717, 1.165) is 27.8 Å². The van der Waals surface area contributed by atoms with Crippen molar-refractivity contribution >= 4 is 23.5 Å². The Hall–Kier alpha value is -3.22. The molecule has 0 saturated carbocycles. The number of aliphatic hydroxyl groups excluding tert-OH is 2. The van der Waals surface area contributed by atoms with Crippen LogP contribution in [0.2, 0.25) is 0 Å². The Bertz CT molecular complexity index is 1150. The van der Waals surface area contributed by atoms with Crippen molar-refractivity contribution in [3.8, 4) is 5.75 Å². The zero-order valence-corrected chi connectivity index (χ0v) is 20.2. The van der Waals surface area contributed by atoms with Gasteiger partial charge in [0, 0.05) is 13.0 Å². The molecule has 2 aromatic rings. The molecule has 1 aliphatic heterocycles. The number of fused-ring (bicyclic) bond motifs is 1. The number of allylic oxidation sites excluding steroid dienone is 2. The Labute approximate surface area is 206 Å². The van der Waals surface area contributed by atoms with Gasteiger partial charge in [-0.05, 0) is 60.1 Å². The van der Waals surface area contributed by atoms with Gasteiger partial charge in [-0.1, -0.05) is 61.0 Å². The highest BCUT2D eigenvalue weighted by atomic mass is 16.3. The number of aliphatic hydroxyl groups is 2. The van der Waals surface area contributed by atoms with Crippen molar-refractivity contribution in [2.75, 3.05) is 13.7 Å². The smallest absolute Gasteiger partial charge is 0.233 e. The Balaban J connectivity index is 1.62. The monoisotopic (exact) mass is 475 g/mol. The summed E-state index contributed by atoms with van der Waals surface area (Å²) < 4.78 is 0. The van der Waals surface area contributed by atoms with E-state index in [1.54, 1.807) is 18.2 Å². The van der Waals surface area contributed by atoms with Gasteiger partial charge in [-0.3, -0.25) is 14.5 Å². The van der Waals surface area contributed by atoms with E-state index in [2.05, 4.69) is 0 Å². The predicted molar refractivity (Wildman–Crippen MR) is 135 cm³/mol. The third-order valence-corrected chi connectivity index (χ3v) is 7.43. The van der Waals surface area contributed by atoms with Gasteiger partial charge in [0.15, 0.2) is 0 Å². The number of aromatic hydroxyl groups is 1. The van der Waals surface area contributed by atoms with Crippen molar-refractivity contribution in [3.05, 3.63) is 76.9 Å². The topological polar surface area (TPSA) is 98.1 Å². The number of hydrogen-bond acceptors (Lipinski definition) is 5. The maximum absolute atomic E-state index is 12.8. The summed E-state index contributed by atoms with van der Waals surface area (Å²) in [7, 11) is 1.50. The molecule has 1 aliphatic carbocycles. The zero-order valence-electron chi connectivity index (χ0n) is 20.2. The van der Waals surface area contributed by atoms with Gasteiger partial charge in [-0.25, -0.2) is 0 Å². The van der Waals surface area contributed by atoms with E-state index in [1.165, 1.54) is 11.9 Å². The number of imide groups is 1. The molecule has 2 aromatic carbocycles. The van der Waals surface area contributed by atoms with Gasteiger partial charge < -0.3 is 15.3 Å². The zero-order chi connectivity index (χ0) is 25.1. The van der Waals surface area contributed by atoms with Gasteiger partial charge in [0.1, 0.15) is 5.75 Å². The van der Waals surface area contributed by atoms with Crippen LogP contribution in [0.4, 0.5) is 0 Å². The molecule has 1 fully saturated rings. The minimum atomic E-state index is -0.840. The van der Waals surface area contributed by atoms with Crippen molar-refractivity contribution in [1.82, 2.24) is 4.90 Å². The standard InChI is InChI=1S/C29H33NO5/c1-3-19-16-23-27(29(35)30(2)28(23)34)24(17-31)26(19)25(33)13-12-21(20-9-5-4-6-10-20)14-18-8-7-11-22(32)15-18/h4-11,14-15,23-25,27,31-33H,3,12-13,16-17H2,1-2H3/b21-14-/t23-,24+,25-,27-/m1/s1. The summed E-state index contributed by atoms with van der Waals surface area (Å²) >= 11 is 0. The summed E-state index contributed by atoms with van der Waals surface area (Å²) in [6.45, 7) is 1.70. The molecule has 1 heterocycles. The maximum Gasteiger partial charge on any atom is 0.233 e. The van der Waals surface area contributed by atoms with Crippen LogP contribution in [0.1, 0.15) is 43.7 Å². The van der Waals surface area contributed by atoms with E-state index < -0.39 is 23.9 Å². The number of phenols is 1. The van der Waals surface area contributed by atoms with Crippen molar-refractivity contribution in [1.29, 1.82) is 0 Å². The summed E-state index contributed by atoms with van der Waals surface area (Å²) in [6.07, 6.45) is 3.23. The summed E-state index contributed by atoms with van der Waals surface area (Å²) in [4.78, 5) is 26.6. The number of rotatable bonds is 8. The van der Waals surface area contributed by atoms with Crippen LogP contribution in [-0.2, 0) is 9.59 Å². The molecule has 4 atom stereocenters. The number of carbonyl (C=O) groups excluding carboxylic acids is 2. The van der Waals surface area contributed by atoms with Crippen LogP contribution in [0.15, 0.2) is 65.7 Å². The van der Waals surface area contributed by atoms with Gasteiger partial charge in [-0.2, -0.15) is 0 Å². The molecule has 1 saturated heterocycles. The van der Waals surface area contributed by atoms with Crippen LogP contribution in [0, 0.1) is 17.8 Å². The first-order chi connectivity index (χ1) is 16.8. The number of likely N-dealkylation sites (tertiary alicyclic amines) is 1. The molecule has 4 rings (SSSR count). The fourth-order valence-electron chi connectivity index (χ4n) is 5.67. The predicted octanol–water partition coefficient (Wildman–Crippen LogP) is 4.02. The second-order valence-electron chi connectivity index (χ2n) is 9.46. The van der Waals surface area contributed by atoms with Gasteiger partial charge in [0.25, 0.3) is 0 Å². The van der Waals surface area contributed by atoms with Crippen LogP contribution in [0.5, 0.6) is 5.75 Å². The van der Waals surface area contributed by atoms with Crippen LogP contribution in [0.3, 0.4) is 0 Å². The third kappa shape index (κ3) is 4.95. The van der Waals surface area contributed by atoms with Crippen molar-refractivity contribution in [2.24, 2.45) is 17.8 Å². The van der Waals surface area contributed by atoms with E-state index in [-0.39, 0.29) is 24.2 Å². The quantitative estimate of drug-likeness (QED) is 0.304. The molecule has 0 unspecified atom stereocenters. The van der Waals surface area contributed by atoms with E-state index in [1.807, 2.05) is 49.4 Å². The molecule has 6 nitrogen and oxygen atoms in total. The molecule has 0 spiro atoms.